The number of aromatic nitrogens is 3. The molecule has 2 heterocycles. The molecule has 0 bridgehead atoms. The molecule has 0 aliphatic heterocycles. The third kappa shape index (κ3) is 3.42. The average Bonchev–Trinajstić information content (AvgIpc) is 3.30. The molecule has 0 spiro atoms. The van der Waals surface area contributed by atoms with E-state index in [9.17, 15) is 4.79 Å². The minimum absolute atomic E-state index is 0.210. The third-order valence-corrected chi connectivity index (χ3v) is 4.74. The van der Waals surface area contributed by atoms with Crippen LogP contribution in [0.4, 0.5) is 5.69 Å². The maximum Gasteiger partial charge on any atom is 0.260 e. The quantitative estimate of drug-likeness (QED) is 0.454. The van der Waals surface area contributed by atoms with Crippen molar-refractivity contribution < 1.29 is 9.32 Å². The van der Waals surface area contributed by atoms with E-state index in [1.165, 1.54) is 0 Å². The number of fused-ring (bicyclic) bond motifs is 1. The van der Waals surface area contributed by atoms with Gasteiger partial charge < -0.3 is 9.84 Å². The molecular formula is C24H16N4O2. The zero-order chi connectivity index (χ0) is 20.3. The Kier molecular flexibility index (Phi) is 4.50. The molecule has 5 rings (SSSR count). The van der Waals surface area contributed by atoms with E-state index in [4.69, 9.17) is 4.52 Å². The van der Waals surface area contributed by atoms with Gasteiger partial charge in [-0.2, -0.15) is 4.98 Å². The molecule has 3 aromatic carbocycles. The number of nitrogens with one attached hydrogen (secondary N) is 1. The van der Waals surface area contributed by atoms with Gasteiger partial charge in [0.05, 0.1) is 11.3 Å². The molecular weight excluding hydrogens is 376 g/mol. The molecule has 144 valence electrons. The van der Waals surface area contributed by atoms with E-state index in [1.807, 2.05) is 78.9 Å². The molecule has 30 heavy (non-hydrogen) atoms. The van der Waals surface area contributed by atoms with Crippen molar-refractivity contribution in [1.82, 2.24) is 15.1 Å². The number of anilines is 1. The van der Waals surface area contributed by atoms with E-state index in [-0.39, 0.29) is 5.91 Å². The Morgan fingerprint density at radius 2 is 1.63 bits per heavy atom. The van der Waals surface area contributed by atoms with Gasteiger partial charge in [0, 0.05) is 11.8 Å². The molecule has 0 aliphatic carbocycles. The first-order valence-corrected chi connectivity index (χ1v) is 9.42. The predicted molar refractivity (Wildman–Crippen MR) is 115 cm³/mol. The highest BCUT2D eigenvalue weighted by molar-refractivity contribution is 6.07. The summed E-state index contributed by atoms with van der Waals surface area (Å²) in [4.78, 5) is 21.6. The fourth-order valence-corrected chi connectivity index (χ4v) is 3.24. The van der Waals surface area contributed by atoms with Crippen LogP contribution in [-0.2, 0) is 0 Å². The van der Waals surface area contributed by atoms with Crippen molar-refractivity contribution in [3.8, 4) is 23.0 Å². The topological polar surface area (TPSA) is 80.9 Å². The second kappa shape index (κ2) is 7.60. The summed E-state index contributed by atoms with van der Waals surface area (Å²) in [5, 5.41) is 9.07. The van der Waals surface area contributed by atoms with Gasteiger partial charge >= 0.3 is 0 Å². The first-order chi connectivity index (χ1) is 14.8. The van der Waals surface area contributed by atoms with Crippen LogP contribution in [0.3, 0.4) is 0 Å². The number of nitrogens with zero attached hydrogens (tertiary/aromatic N) is 3. The lowest BCUT2D eigenvalue weighted by Gasteiger charge is -2.09. The summed E-state index contributed by atoms with van der Waals surface area (Å²) >= 11 is 0. The number of carbonyl (C=O) groups excluding carboxylic acids is 1. The zero-order valence-electron chi connectivity index (χ0n) is 15.8. The van der Waals surface area contributed by atoms with Crippen molar-refractivity contribution in [2.45, 2.75) is 0 Å². The summed E-state index contributed by atoms with van der Waals surface area (Å²) in [5.41, 5.74) is 2.42. The van der Waals surface area contributed by atoms with Gasteiger partial charge in [0.15, 0.2) is 0 Å². The lowest BCUT2D eigenvalue weighted by Crippen LogP contribution is -2.12. The second-order valence-corrected chi connectivity index (χ2v) is 6.70. The lowest BCUT2D eigenvalue weighted by atomic mass is 10.1. The van der Waals surface area contributed by atoms with E-state index < -0.39 is 0 Å². The molecule has 0 saturated carbocycles. The van der Waals surface area contributed by atoms with Crippen molar-refractivity contribution in [1.29, 1.82) is 0 Å². The van der Waals surface area contributed by atoms with Crippen LogP contribution in [0.1, 0.15) is 10.4 Å². The molecule has 0 radical (unpaired) electrons. The van der Waals surface area contributed by atoms with Crippen LogP contribution in [0.2, 0.25) is 0 Å². The molecule has 0 saturated heterocycles. The normalized spacial score (nSPS) is 10.8. The van der Waals surface area contributed by atoms with E-state index in [2.05, 4.69) is 20.4 Å². The van der Waals surface area contributed by atoms with Crippen molar-refractivity contribution in [3.05, 3.63) is 96.7 Å². The molecule has 2 aromatic heterocycles. The van der Waals surface area contributed by atoms with Gasteiger partial charge in [-0.25, -0.2) is 0 Å². The minimum atomic E-state index is -0.210. The van der Waals surface area contributed by atoms with Gasteiger partial charge in [-0.15, -0.1) is 0 Å². The van der Waals surface area contributed by atoms with Crippen molar-refractivity contribution in [2.24, 2.45) is 0 Å². The highest BCUT2D eigenvalue weighted by Gasteiger charge is 2.16. The smallest absolute Gasteiger partial charge is 0.260 e. The van der Waals surface area contributed by atoms with E-state index in [0.29, 0.717) is 34.2 Å². The predicted octanol–water partition coefficient (Wildman–Crippen LogP) is 5.20. The molecule has 0 fully saturated rings. The van der Waals surface area contributed by atoms with Crippen LogP contribution in [0, 0.1) is 0 Å². The lowest BCUT2D eigenvalue weighted by molar-refractivity contribution is 0.102. The maximum atomic E-state index is 12.9. The van der Waals surface area contributed by atoms with E-state index >= 15 is 0 Å². The fourth-order valence-electron chi connectivity index (χ4n) is 3.24. The molecule has 0 aliphatic rings. The Balaban J connectivity index is 1.45. The fraction of sp³-hybridized carbons (Fsp3) is 0. The molecule has 6 nitrogen and oxygen atoms in total. The van der Waals surface area contributed by atoms with Crippen molar-refractivity contribution in [2.75, 3.05) is 5.32 Å². The van der Waals surface area contributed by atoms with Gasteiger partial charge in [0.25, 0.3) is 11.8 Å². The Morgan fingerprint density at radius 1 is 0.833 bits per heavy atom. The van der Waals surface area contributed by atoms with Crippen LogP contribution < -0.4 is 5.32 Å². The number of benzene rings is 3. The van der Waals surface area contributed by atoms with Gasteiger partial charge in [-0.1, -0.05) is 53.7 Å². The van der Waals surface area contributed by atoms with Crippen LogP contribution in [-0.4, -0.2) is 21.0 Å². The zero-order valence-corrected chi connectivity index (χ0v) is 15.8. The van der Waals surface area contributed by atoms with Crippen LogP contribution >= 0.6 is 0 Å². The second-order valence-electron chi connectivity index (χ2n) is 6.70. The maximum absolute atomic E-state index is 12.9. The van der Waals surface area contributed by atoms with Crippen molar-refractivity contribution in [3.63, 3.8) is 0 Å². The minimum Gasteiger partial charge on any atom is -0.333 e. The number of rotatable bonds is 4. The summed E-state index contributed by atoms with van der Waals surface area (Å²) in [6, 6.07) is 26.4. The average molecular weight is 392 g/mol. The Hall–Kier alpha value is -4.32. The molecule has 5 aromatic rings. The van der Waals surface area contributed by atoms with Crippen LogP contribution in [0.25, 0.3) is 33.7 Å². The summed E-state index contributed by atoms with van der Waals surface area (Å²) in [6.07, 6.45) is 1.67. The number of hydrogen-bond donors (Lipinski definition) is 1. The molecule has 0 unspecified atom stereocenters. The van der Waals surface area contributed by atoms with E-state index in [0.717, 1.165) is 10.8 Å². The third-order valence-electron chi connectivity index (χ3n) is 4.74. The van der Waals surface area contributed by atoms with Gasteiger partial charge in [0.2, 0.25) is 5.82 Å². The number of pyridine rings is 1. The Labute approximate surface area is 172 Å². The van der Waals surface area contributed by atoms with Gasteiger partial charge in [0.1, 0.15) is 5.69 Å². The highest BCUT2D eigenvalue weighted by Crippen LogP contribution is 2.28. The Morgan fingerprint density at radius 3 is 2.50 bits per heavy atom. The summed E-state index contributed by atoms with van der Waals surface area (Å²) in [6.45, 7) is 0. The summed E-state index contributed by atoms with van der Waals surface area (Å²) < 4.78 is 5.44. The largest absolute Gasteiger partial charge is 0.333 e. The van der Waals surface area contributed by atoms with Gasteiger partial charge in [-0.05, 0) is 47.2 Å². The first kappa shape index (κ1) is 17.8. The number of carbonyl (C=O) groups is 1. The molecule has 0 atom stereocenters. The number of amides is 1. The van der Waals surface area contributed by atoms with Crippen LogP contribution in [0.5, 0.6) is 0 Å². The number of para-hydroxylation sites is 1. The van der Waals surface area contributed by atoms with Crippen LogP contribution in [0.15, 0.2) is 95.6 Å². The number of hydrogen-bond acceptors (Lipinski definition) is 5. The Bertz CT molecular complexity index is 1350. The first-order valence-electron chi connectivity index (χ1n) is 9.42. The molecule has 1 amide bonds. The SMILES string of the molecule is O=C(Nc1ccccc1-c1nc(-c2ccccn2)no1)c1ccc2ccccc2c1. The highest BCUT2D eigenvalue weighted by atomic mass is 16.5. The summed E-state index contributed by atoms with van der Waals surface area (Å²) in [7, 11) is 0. The molecule has 6 heteroatoms. The summed E-state index contributed by atoms with van der Waals surface area (Å²) in [5.74, 6) is 0.490. The van der Waals surface area contributed by atoms with Gasteiger partial charge in [-0.3, -0.25) is 9.78 Å². The monoisotopic (exact) mass is 392 g/mol. The standard InChI is InChI=1S/C24H16N4O2/c29-23(18-13-12-16-7-1-2-8-17(16)15-18)26-20-10-4-3-9-19(20)24-27-22(28-30-24)21-11-5-6-14-25-21/h1-15H,(H,26,29). The van der Waals surface area contributed by atoms with Crippen molar-refractivity contribution >= 4 is 22.4 Å². The molecule has 1 N–H and O–H groups in total. The van der Waals surface area contributed by atoms with E-state index in [1.54, 1.807) is 12.3 Å².